The number of pyridine rings is 2. The molecule has 0 aliphatic carbocycles. The predicted molar refractivity (Wildman–Crippen MR) is 90.0 cm³/mol. The van der Waals surface area contributed by atoms with Crippen LogP contribution in [-0.2, 0) is 7.05 Å². The number of nitrogens with zero attached hydrogens (tertiary/aromatic N) is 5. The summed E-state index contributed by atoms with van der Waals surface area (Å²) in [4.78, 5) is 16.0. The Bertz CT molecular complexity index is 796. The first-order chi connectivity index (χ1) is 11.3. The molecule has 0 spiro atoms. The summed E-state index contributed by atoms with van der Waals surface area (Å²) in [6.45, 7) is 1.03. The molecule has 23 heavy (non-hydrogen) atoms. The maximum absolute atomic E-state index is 4.90. The number of rotatable bonds is 3. The standard InChI is InChI=1S/C18H19N5/c1-22-13-19-12-17(22)15-7-4-6-14(21-15)16-8-5-11-23(16)18-9-2-3-10-20-18/h2-4,6-7,9-10,12-13,16H,5,8,11H2,1H3. The number of hydrogen-bond acceptors (Lipinski definition) is 4. The van der Waals surface area contributed by atoms with E-state index in [0.717, 1.165) is 35.9 Å². The summed E-state index contributed by atoms with van der Waals surface area (Å²) in [7, 11) is 1.99. The highest BCUT2D eigenvalue weighted by Gasteiger charge is 2.28. The third-order valence-corrected chi connectivity index (χ3v) is 4.39. The van der Waals surface area contributed by atoms with E-state index >= 15 is 0 Å². The molecule has 5 nitrogen and oxygen atoms in total. The fourth-order valence-corrected chi connectivity index (χ4v) is 3.26. The normalized spacial score (nSPS) is 17.6. The van der Waals surface area contributed by atoms with Crippen molar-refractivity contribution in [2.24, 2.45) is 7.05 Å². The van der Waals surface area contributed by atoms with Gasteiger partial charge in [-0.2, -0.15) is 0 Å². The molecule has 4 heterocycles. The van der Waals surface area contributed by atoms with Crippen molar-refractivity contribution in [3.63, 3.8) is 0 Å². The van der Waals surface area contributed by atoms with Crippen LogP contribution < -0.4 is 4.90 Å². The van der Waals surface area contributed by atoms with Gasteiger partial charge in [-0.15, -0.1) is 0 Å². The number of anilines is 1. The highest BCUT2D eigenvalue weighted by molar-refractivity contribution is 5.54. The molecule has 0 saturated carbocycles. The lowest BCUT2D eigenvalue weighted by molar-refractivity contribution is 0.688. The van der Waals surface area contributed by atoms with Crippen LogP contribution in [-0.4, -0.2) is 26.1 Å². The largest absolute Gasteiger partial charge is 0.348 e. The molecule has 0 bridgehead atoms. The molecular formula is C18H19N5. The molecule has 3 aromatic rings. The molecule has 3 aromatic heterocycles. The van der Waals surface area contributed by atoms with Crippen LogP contribution in [0.2, 0.25) is 0 Å². The van der Waals surface area contributed by atoms with Crippen LogP contribution in [0.5, 0.6) is 0 Å². The Morgan fingerprint density at radius 2 is 2.09 bits per heavy atom. The third kappa shape index (κ3) is 2.59. The molecule has 0 aromatic carbocycles. The maximum atomic E-state index is 4.90. The Morgan fingerprint density at radius 1 is 1.13 bits per heavy atom. The van der Waals surface area contributed by atoms with E-state index in [1.165, 1.54) is 6.42 Å². The van der Waals surface area contributed by atoms with Gasteiger partial charge in [0, 0.05) is 19.8 Å². The minimum absolute atomic E-state index is 0.290. The maximum Gasteiger partial charge on any atom is 0.129 e. The summed E-state index contributed by atoms with van der Waals surface area (Å²) in [5.41, 5.74) is 3.11. The van der Waals surface area contributed by atoms with Crippen molar-refractivity contribution in [3.8, 4) is 11.4 Å². The van der Waals surface area contributed by atoms with Crippen LogP contribution in [0.3, 0.4) is 0 Å². The molecule has 0 N–H and O–H groups in total. The van der Waals surface area contributed by atoms with Crippen molar-refractivity contribution in [1.82, 2.24) is 19.5 Å². The minimum Gasteiger partial charge on any atom is -0.348 e. The number of aromatic nitrogens is 4. The summed E-state index contributed by atoms with van der Waals surface area (Å²) < 4.78 is 2.00. The topological polar surface area (TPSA) is 46.8 Å². The molecular weight excluding hydrogens is 286 g/mol. The lowest BCUT2D eigenvalue weighted by atomic mass is 10.1. The van der Waals surface area contributed by atoms with Gasteiger partial charge >= 0.3 is 0 Å². The molecule has 1 saturated heterocycles. The first-order valence-corrected chi connectivity index (χ1v) is 7.94. The molecule has 1 unspecified atom stereocenters. The molecule has 5 heteroatoms. The second-order valence-corrected chi connectivity index (χ2v) is 5.88. The van der Waals surface area contributed by atoms with E-state index in [1.54, 1.807) is 6.33 Å². The molecule has 0 amide bonds. The van der Waals surface area contributed by atoms with E-state index in [4.69, 9.17) is 4.98 Å². The zero-order chi connectivity index (χ0) is 15.6. The second kappa shape index (κ2) is 5.83. The minimum atomic E-state index is 0.290. The Balaban J connectivity index is 1.69. The Hall–Kier alpha value is -2.69. The number of imidazole rings is 1. The zero-order valence-corrected chi connectivity index (χ0v) is 13.1. The smallest absolute Gasteiger partial charge is 0.129 e. The summed E-state index contributed by atoms with van der Waals surface area (Å²) in [5, 5.41) is 0. The van der Waals surface area contributed by atoms with E-state index in [-0.39, 0.29) is 6.04 Å². The van der Waals surface area contributed by atoms with Crippen molar-refractivity contribution >= 4 is 5.82 Å². The average Bonchev–Trinajstić information content (AvgIpc) is 3.25. The van der Waals surface area contributed by atoms with E-state index < -0.39 is 0 Å². The molecule has 116 valence electrons. The van der Waals surface area contributed by atoms with Crippen LogP contribution in [0.15, 0.2) is 55.1 Å². The van der Waals surface area contributed by atoms with E-state index in [1.807, 2.05) is 42.2 Å². The molecule has 1 aliphatic rings. The van der Waals surface area contributed by atoms with Gasteiger partial charge in [0.05, 0.1) is 35.6 Å². The summed E-state index contributed by atoms with van der Waals surface area (Å²) in [5.74, 6) is 1.03. The van der Waals surface area contributed by atoms with E-state index in [2.05, 4.69) is 33.1 Å². The van der Waals surface area contributed by atoms with Gasteiger partial charge in [-0.25, -0.2) is 15.0 Å². The fraction of sp³-hybridized carbons (Fsp3) is 0.278. The Kier molecular flexibility index (Phi) is 3.54. The average molecular weight is 305 g/mol. The van der Waals surface area contributed by atoms with Crippen LogP contribution in [0.25, 0.3) is 11.4 Å². The Morgan fingerprint density at radius 3 is 2.87 bits per heavy atom. The van der Waals surface area contributed by atoms with Gasteiger partial charge in [-0.1, -0.05) is 12.1 Å². The summed E-state index contributed by atoms with van der Waals surface area (Å²) >= 11 is 0. The highest BCUT2D eigenvalue weighted by Crippen LogP contribution is 2.34. The lowest BCUT2D eigenvalue weighted by Gasteiger charge is -2.25. The van der Waals surface area contributed by atoms with Crippen molar-refractivity contribution in [2.45, 2.75) is 18.9 Å². The second-order valence-electron chi connectivity index (χ2n) is 5.88. The summed E-state index contributed by atoms with van der Waals surface area (Å²) in [6, 6.07) is 12.6. The van der Waals surface area contributed by atoms with Gasteiger partial charge in [0.25, 0.3) is 0 Å². The Labute approximate surface area is 135 Å². The number of hydrogen-bond donors (Lipinski definition) is 0. The van der Waals surface area contributed by atoms with E-state index in [9.17, 15) is 0 Å². The van der Waals surface area contributed by atoms with Crippen molar-refractivity contribution in [2.75, 3.05) is 11.4 Å². The van der Waals surface area contributed by atoms with Crippen LogP contribution >= 0.6 is 0 Å². The zero-order valence-electron chi connectivity index (χ0n) is 13.1. The fourth-order valence-electron chi connectivity index (χ4n) is 3.26. The first kappa shape index (κ1) is 13.9. The molecule has 0 radical (unpaired) electrons. The number of aryl methyl sites for hydroxylation is 1. The lowest BCUT2D eigenvalue weighted by Crippen LogP contribution is -2.24. The van der Waals surface area contributed by atoms with Crippen LogP contribution in [0, 0.1) is 0 Å². The van der Waals surface area contributed by atoms with Crippen LogP contribution in [0.4, 0.5) is 5.82 Å². The molecule has 1 aliphatic heterocycles. The molecule has 4 rings (SSSR count). The van der Waals surface area contributed by atoms with E-state index in [0.29, 0.717) is 0 Å². The monoisotopic (exact) mass is 305 g/mol. The van der Waals surface area contributed by atoms with Crippen LogP contribution in [0.1, 0.15) is 24.6 Å². The van der Waals surface area contributed by atoms with Gasteiger partial charge in [0.1, 0.15) is 5.82 Å². The quantitative estimate of drug-likeness (QED) is 0.745. The van der Waals surface area contributed by atoms with Gasteiger partial charge in [0.2, 0.25) is 0 Å². The molecule has 1 fully saturated rings. The predicted octanol–water partition coefficient (Wildman–Crippen LogP) is 3.22. The highest BCUT2D eigenvalue weighted by atomic mass is 15.2. The summed E-state index contributed by atoms with van der Waals surface area (Å²) in [6.07, 6.45) is 7.79. The van der Waals surface area contributed by atoms with Crippen molar-refractivity contribution < 1.29 is 0 Å². The van der Waals surface area contributed by atoms with Gasteiger partial charge in [-0.05, 0) is 37.1 Å². The van der Waals surface area contributed by atoms with Crippen molar-refractivity contribution in [3.05, 3.63) is 60.8 Å². The van der Waals surface area contributed by atoms with Gasteiger partial charge in [0.15, 0.2) is 0 Å². The third-order valence-electron chi connectivity index (χ3n) is 4.39. The van der Waals surface area contributed by atoms with Gasteiger partial charge < -0.3 is 9.47 Å². The van der Waals surface area contributed by atoms with Crippen molar-refractivity contribution in [1.29, 1.82) is 0 Å². The molecule has 1 atom stereocenters. The van der Waals surface area contributed by atoms with Gasteiger partial charge in [-0.3, -0.25) is 0 Å². The SMILES string of the molecule is Cn1cncc1-c1cccc(C2CCCN2c2ccccn2)n1. The first-order valence-electron chi connectivity index (χ1n) is 7.94.